The summed E-state index contributed by atoms with van der Waals surface area (Å²) >= 11 is 0. The Morgan fingerprint density at radius 2 is 1.76 bits per heavy atom. The van der Waals surface area contributed by atoms with E-state index in [1.54, 1.807) is 0 Å². The molecule has 1 aliphatic rings. The van der Waals surface area contributed by atoms with Crippen molar-refractivity contribution in [1.82, 2.24) is 0 Å². The second-order valence-corrected chi connectivity index (χ2v) is 4.98. The van der Waals surface area contributed by atoms with E-state index in [1.165, 1.54) is 0 Å². The fourth-order valence-electron chi connectivity index (χ4n) is 2.29. The number of aromatic nitrogens is 1. The Morgan fingerprint density at radius 1 is 1.10 bits per heavy atom. The maximum Gasteiger partial charge on any atom is 0.456 e. The molecule has 0 unspecified atom stereocenters. The van der Waals surface area contributed by atoms with Crippen molar-refractivity contribution in [3.05, 3.63) is 28.7 Å². The lowest BCUT2D eigenvalue weighted by Crippen LogP contribution is -2.42. The number of rotatable bonds is 3. The maximum atomic E-state index is 12.9. The van der Waals surface area contributed by atoms with Gasteiger partial charge in [-0.2, -0.15) is 26.7 Å². The van der Waals surface area contributed by atoms with E-state index in [1.807, 2.05) is 0 Å². The van der Waals surface area contributed by atoms with E-state index in [2.05, 4.69) is 4.74 Å². The molecule has 0 saturated carbocycles. The summed E-state index contributed by atoms with van der Waals surface area (Å²) in [5.74, 6) is -4.99. The number of hydrogen-bond donors (Lipinski definition) is 0. The number of alkyl halides is 5. The van der Waals surface area contributed by atoms with Gasteiger partial charge < -0.3 is 9.94 Å². The maximum absolute atomic E-state index is 12.9. The Hall–Kier alpha value is -1.60. The van der Waals surface area contributed by atoms with Crippen LogP contribution in [0.5, 0.6) is 5.75 Å². The first-order valence-electron chi connectivity index (χ1n) is 6.53. The Bertz CT molecular complexity index is 516. The number of nitrogens with zero attached hydrogens (tertiary/aromatic N) is 1. The molecule has 118 valence electrons. The van der Waals surface area contributed by atoms with Crippen molar-refractivity contribution in [2.24, 2.45) is 0 Å². The lowest BCUT2D eigenvalue weighted by atomic mass is 10.1. The molecule has 0 bridgehead atoms. The zero-order valence-electron chi connectivity index (χ0n) is 11.1. The van der Waals surface area contributed by atoms with Gasteiger partial charge in [0.2, 0.25) is 0 Å². The topological polar surface area (TPSA) is 36.2 Å². The average molecular weight is 311 g/mol. The van der Waals surface area contributed by atoms with E-state index in [0.717, 1.165) is 31.5 Å². The summed E-state index contributed by atoms with van der Waals surface area (Å²) in [6.45, 7) is -1.79. The van der Waals surface area contributed by atoms with Crippen LogP contribution in [0.15, 0.2) is 12.3 Å². The molecule has 0 fully saturated rings. The summed E-state index contributed by atoms with van der Waals surface area (Å²) in [6.07, 6.45) is -1.30. The van der Waals surface area contributed by atoms with Gasteiger partial charge in [0.05, 0.1) is 5.56 Å². The van der Waals surface area contributed by atoms with Crippen LogP contribution in [0.1, 0.15) is 30.5 Å². The Balaban J connectivity index is 2.22. The van der Waals surface area contributed by atoms with Crippen molar-refractivity contribution < 1.29 is 31.4 Å². The summed E-state index contributed by atoms with van der Waals surface area (Å²) < 4.78 is 67.4. The Kier molecular flexibility index (Phi) is 4.25. The summed E-state index contributed by atoms with van der Waals surface area (Å²) in [7, 11) is 0. The summed E-state index contributed by atoms with van der Waals surface area (Å²) in [6, 6.07) is 1.14. The third-order valence-electron chi connectivity index (χ3n) is 3.44. The Morgan fingerprint density at radius 3 is 2.43 bits per heavy atom. The van der Waals surface area contributed by atoms with Gasteiger partial charge in [0.25, 0.3) is 0 Å². The highest BCUT2D eigenvalue weighted by Gasteiger charge is 2.58. The molecule has 0 N–H and O–H groups in total. The van der Waals surface area contributed by atoms with Crippen molar-refractivity contribution in [1.29, 1.82) is 0 Å². The molecule has 1 aliphatic carbocycles. The van der Waals surface area contributed by atoms with Gasteiger partial charge in [-0.3, -0.25) is 0 Å². The summed E-state index contributed by atoms with van der Waals surface area (Å²) in [5, 5.41) is 11.7. The van der Waals surface area contributed by atoms with E-state index >= 15 is 0 Å². The van der Waals surface area contributed by atoms with Gasteiger partial charge in [-0.05, 0) is 19.3 Å². The van der Waals surface area contributed by atoms with Gasteiger partial charge in [0.1, 0.15) is 5.75 Å². The van der Waals surface area contributed by atoms with Gasteiger partial charge in [0.15, 0.2) is 18.5 Å². The van der Waals surface area contributed by atoms with Gasteiger partial charge in [0, 0.05) is 12.5 Å². The molecule has 0 atom stereocenters. The molecule has 3 nitrogen and oxygen atoms in total. The van der Waals surface area contributed by atoms with Crippen LogP contribution >= 0.6 is 0 Å². The van der Waals surface area contributed by atoms with E-state index in [-0.39, 0.29) is 5.75 Å². The second-order valence-electron chi connectivity index (χ2n) is 4.98. The molecule has 0 aromatic carbocycles. The second kappa shape index (κ2) is 5.65. The van der Waals surface area contributed by atoms with Crippen LogP contribution in [0, 0.1) is 5.21 Å². The van der Waals surface area contributed by atoms with Crippen molar-refractivity contribution in [2.45, 2.75) is 44.2 Å². The molecule has 0 spiro atoms. The highest BCUT2D eigenvalue weighted by molar-refractivity contribution is 5.34. The predicted octanol–water partition coefficient (Wildman–Crippen LogP) is 3.17. The molecule has 0 amide bonds. The zero-order valence-corrected chi connectivity index (χ0v) is 11.1. The van der Waals surface area contributed by atoms with E-state index < -0.39 is 18.7 Å². The molecular formula is C13H14F5NO2. The molecule has 2 rings (SSSR count). The van der Waals surface area contributed by atoms with Crippen molar-refractivity contribution in [3.8, 4) is 5.75 Å². The Labute approximate surface area is 117 Å². The lowest BCUT2D eigenvalue weighted by molar-refractivity contribution is -0.614. The third kappa shape index (κ3) is 3.36. The van der Waals surface area contributed by atoms with Crippen LogP contribution in [-0.2, 0) is 12.8 Å². The van der Waals surface area contributed by atoms with Crippen LogP contribution < -0.4 is 9.47 Å². The van der Waals surface area contributed by atoms with Gasteiger partial charge >= 0.3 is 12.1 Å². The molecule has 1 aromatic rings. The first-order valence-corrected chi connectivity index (χ1v) is 6.53. The molecule has 1 heterocycles. The van der Waals surface area contributed by atoms with Crippen LogP contribution in [0.3, 0.4) is 0 Å². The predicted molar refractivity (Wildman–Crippen MR) is 63.2 cm³/mol. The largest absolute Gasteiger partial charge is 0.618 e. The molecule has 0 saturated heterocycles. The van der Waals surface area contributed by atoms with E-state index in [0.29, 0.717) is 28.8 Å². The number of fused-ring (bicyclic) bond motifs is 1. The lowest BCUT2D eigenvalue weighted by Gasteiger charge is -2.21. The fourth-order valence-corrected chi connectivity index (χ4v) is 2.29. The quantitative estimate of drug-likeness (QED) is 0.372. The molecule has 8 heteroatoms. The molecular weight excluding hydrogens is 297 g/mol. The van der Waals surface area contributed by atoms with Gasteiger partial charge in [-0.25, -0.2) is 0 Å². The van der Waals surface area contributed by atoms with Crippen LogP contribution in [0.25, 0.3) is 0 Å². The number of ether oxygens (including phenoxy) is 1. The first kappa shape index (κ1) is 15.8. The SMILES string of the molecule is [O-][n+]1ccc(OCC(F)(F)C(F)(F)F)c2c1CCCCC2. The van der Waals surface area contributed by atoms with Crippen molar-refractivity contribution in [3.63, 3.8) is 0 Å². The molecule has 21 heavy (non-hydrogen) atoms. The smallest absolute Gasteiger partial charge is 0.456 e. The minimum atomic E-state index is -5.66. The normalized spacial score (nSPS) is 16.2. The fraction of sp³-hybridized carbons (Fsp3) is 0.615. The first-order chi connectivity index (χ1) is 9.72. The van der Waals surface area contributed by atoms with Crippen LogP contribution in [-0.4, -0.2) is 18.7 Å². The minimum absolute atomic E-state index is 0.0667. The van der Waals surface area contributed by atoms with Crippen molar-refractivity contribution >= 4 is 0 Å². The highest BCUT2D eigenvalue weighted by atomic mass is 19.4. The summed E-state index contributed by atoms with van der Waals surface area (Å²) in [5.41, 5.74) is 0.822. The van der Waals surface area contributed by atoms with Crippen LogP contribution in [0.2, 0.25) is 0 Å². The third-order valence-corrected chi connectivity index (χ3v) is 3.44. The van der Waals surface area contributed by atoms with Crippen molar-refractivity contribution in [2.75, 3.05) is 6.61 Å². The van der Waals surface area contributed by atoms with Crippen LogP contribution in [0.4, 0.5) is 22.0 Å². The molecule has 0 aliphatic heterocycles. The highest BCUT2D eigenvalue weighted by Crippen LogP contribution is 2.36. The molecule has 0 radical (unpaired) electrons. The number of halogens is 5. The average Bonchev–Trinajstić information content (AvgIpc) is 2.63. The van der Waals surface area contributed by atoms with E-state index in [9.17, 15) is 27.2 Å². The zero-order chi connectivity index (χ0) is 15.7. The monoisotopic (exact) mass is 311 g/mol. The van der Waals surface area contributed by atoms with E-state index in [4.69, 9.17) is 0 Å². The van der Waals surface area contributed by atoms with Gasteiger partial charge in [-0.1, -0.05) is 6.42 Å². The number of hydrogen-bond acceptors (Lipinski definition) is 2. The minimum Gasteiger partial charge on any atom is -0.618 e. The standard InChI is InChI=1S/C13H14F5NO2/c14-12(15,13(16,17)18)8-21-11-6-7-19(20)10-5-3-1-2-4-9(10)11/h6-7H,1-5,8H2. The molecule has 1 aromatic heterocycles. The number of pyridine rings is 1. The van der Waals surface area contributed by atoms with Gasteiger partial charge in [-0.15, -0.1) is 0 Å². The summed E-state index contributed by atoms with van der Waals surface area (Å²) in [4.78, 5) is 0.